The summed E-state index contributed by atoms with van der Waals surface area (Å²) in [5, 5.41) is 2.85. The lowest BCUT2D eigenvalue weighted by molar-refractivity contribution is 0.244. The van der Waals surface area contributed by atoms with E-state index in [4.69, 9.17) is 19.9 Å². The number of para-hydroxylation sites is 1. The Morgan fingerprint density at radius 2 is 2.31 bits per heavy atom. The number of epoxide rings is 1. The van der Waals surface area contributed by atoms with Crippen LogP contribution in [0.3, 0.4) is 0 Å². The number of nitroso groups, excluding NO2 is 1. The van der Waals surface area contributed by atoms with Gasteiger partial charge in [0.2, 0.25) is 0 Å². The van der Waals surface area contributed by atoms with Gasteiger partial charge >= 0.3 is 0 Å². The van der Waals surface area contributed by atoms with Crippen molar-refractivity contribution in [3.05, 3.63) is 23.1 Å². The standard InChI is InChI=1S/C10H12N2O4/c11-6-16-10-8(12-13)2-1-3-9(10)15-5-7-4-14-7/h1-3,7H,4-6,11H2. The van der Waals surface area contributed by atoms with Crippen molar-refractivity contribution in [2.24, 2.45) is 10.9 Å². The van der Waals surface area contributed by atoms with Crippen LogP contribution < -0.4 is 15.2 Å². The van der Waals surface area contributed by atoms with E-state index in [0.29, 0.717) is 19.0 Å². The molecule has 0 radical (unpaired) electrons. The molecular weight excluding hydrogens is 212 g/mol. The zero-order valence-corrected chi connectivity index (χ0v) is 8.59. The summed E-state index contributed by atoms with van der Waals surface area (Å²) in [4.78, 5) is 10.6. The maximum Gasteiger partial charge on any atom is 0.192 e. The van der Waals surface area contributed by atoms with Gasteiger partial charge in [0.25, 0.3) is 0 Å². The maximum absolute atomic E-state index is 10.6. The van der Waals surface area contributed by atoms with Crippen molar-refractivity contribution in [1.29, 1.82) is 0 Å². The molecule has 0 aromatic heterocycles. The SMILES string of the molecule is NCOc1c(N=O)cccc1OCC1CO1. The number of hydrogen-bond acceptors (Lipinski definition) is 6. The third-order valence-corrected chi connectivity index (χ3v) is 2.11. The van der Waals surface area contributed by atoms with Gasteiger partial charge in [-0.3, -0.25) is 5.73 Å². The van der Waals surface area contributed by atoms with Gasteiger partial charge in [-0.25, -0.2) is 0 Å². The molecule has 0 spiro atoms. The van der Waals surface area contributed by atoms with Crippen LogP contribution >= 0.6 is 0 Å². The van der Waals surface area contributed by atoms with E-state index in [1.165, 1.54) is 0 Å². The molecule has 1 unspecified atom stereocenters. The Balaban J connectivity index is 2.15. The van der Waals surface area contributed by atoms with Gasteiger partial charge in [0.05, 0.1) is 6.61 Å². The summed E-state index contributed by atoms with van der Waals surface area (Å²) in [7, 11) is 0. The quantitative estimate of drug-likeness (QED) is 0.445. The molecule has 2 N–H and O–H groups in total. The van der Waals surface area contributed by atoms with Crippen molar-refractivity contribution in [1.82, 2.24) is 0 Å². The Morgan fingerprint density at radius 3 is 2.94 bits per heavy atom. The zero-order chi connectivity index (χ0) is 11.4. The van der Waals surface area contributed by atoms with E-state index in [9.17, 15) is 4.91 Å². The molecule has 0 bridgehead atoms. The molecule has 0 aliphatic carbocycles. The largest absolute Gasteiger partial charge is 0.487 e. The van der Waals surface area contributed by atoms with E-state index >= 15 is 0 Å². The van der Waals surface area contributed by atoms with Crippen LogP contribution in [0.2, 0.25) is 0 Å². The van der Waals surface area contributed by atoms with Crippen molar-refractivity contribution >= 4 is 5.69 Å². The van der Waals surface area contributed by atoms with Gasteiger partial charge in [-0.05, 0) is 17.3 Å². The molecule has 1 aliphatic rings. The van der Waals surface area contributed by atoms with Gasteiger partial charge in [0, 0.05) is 0 Å². The van der Waals surface area contributed by atoms with Crippen LogP contribution in [0.25, 0.3) is 0 Å². The lowest BCUT2D eigenvalue weighted by atomic mass is 10.3. The molecule has 1 atom stereocenters. The topological polar surface area (TPSA) is 86.4 Å². The van der Waals surface area contributed by atoms with Gasteiger partial charge in [-0.15, -0.1) is 4.91 Å². The normalized spacial score (nSPS) is 17.9. The summed E-state index contributed by atoms with van der Waals surface area (Å²) >= 11 is 0. The van der Waals surface area contributed by atoms with Crippen molar-refractivity contribution < 1.29 is 14.2 Å². The van der Waals surface area contributed by atoms with E-state index in [-0.39, 0.29) is 24.3 Å². The summed E-state index contributed by atoms with van der Waals surface area (Å²) in [5.74, 6) is 0.735. The first-order valence-electron chi connectivity index (χ1n) is 4.88. The predicted molar refractivity (Wildman–Crippen MR) is 56.8 cm³/mol. The molecule has 1 aliphatic heterocycles. The second-order valence-corrected chi connectivity index (χ2v) is 3.27. The van der Waals surface area contributed by atoms with Crippen LogP contribution in [0.15, 0.2) is 23.4 Å². The lowest BCUT2D eigenvalue weighted by Crippen LogP contribution is -2.10. The molecule has 86 valence electrons. The van der Waals surface area contributed by atoms with Crippen LogP contribution in [0.4, 0.5) is 5.69 Å². The summed E-state index contributed by atoms with van der Waals surface area (Å²) < 4.78 is 15.6. The minimum atomic E-state index is -0.0389. The third-order valence-electron chi connectivity index (χ3n) is 2.11. The van der Waals surface area contributed by atoms with Crippen molar-refractivity contribution in [3.63, 3.8) is 0 Å². The number of nitrogens with two attached hydrogens (primary N) is 1. The first-order chi connectivity index (χ1) is 7.85. The lowest BCUT2D eigenvalue weighted by Gasteiger charge is -2.11. The van der Waals surface area contributed by atoms with Gasteiger partial charge in [-0.1, -0.05) is 6.07 Å². The zero-order valence-electron chi connectivity index (χ0n) is 8.59. The number of nitrogens with zero attached hydrogens (tertiary/aromatic N) is 1. The minimum absolute atomic E-state index is 0.0389. The average Bonchev–Trinajstić information content (AvgIpc) is 3.12. The van der Waals surface area contributed by atoms with Crippen molar-refractivity contribution in [2.75, 3.05) is 19.9 Å². The van der Waals surface area contributed by atoms with Gasteiger partial charge in [-0.2, -0.15) is 0 Å². The van der Waals surface area contributed by atoms with Crippen LogP contribution in [-0.2, 0) is 4.74 Å². The molecule has 16 heavy (non-hydrogen) atoms. The van der Waals surface area contributed by atoms with Crippen LogP contribution in [0, 0.1) is 4.91 Å². The van der Waals surface area contributed by atoms with E-state index < -0.39 is 0 Å². The average molecular weight is 224 g/mol. The molecule has 0 amide bonds. The highest BCUT2D eigenvalue weighted by atomic mass is 16.6. The monoisotopic (exact) mass is 224 g/mol. The second-order valence-electron chi connectivity index (χ2n) is 3.27. The Morgan fingerprint density at radius 1 is 1.50 bits per heavy atom. The molecule has 0 saturated carbocycles. The van der Waals surface area contributed by atoms with Gasteiger partial charge in [0.1, 0.15) is 19.4 Å². The summed E-state index contributed by atoms with van der Waals surface area (Å²) in [6.07, 6.45) is 0.138. The van der Waals surface area contributed by atoms with E-state index in [2.05, 4.69) is 5.18 Å². The fourth-order valence-electron chi connectivity index (χ4n) is 1.27. The number of rotatable bonds is 6. The Hall–Kier alpha value is -1.66. The molecule has 1 aromatic carbocycles. The number of hydrogen-bond donors (Lipinski definition) is 1. The third kappa shape index (κ3) is 2.47. The van der Waals surface area contributed by atoms with E-state index in [1.54, 1.807) is 18.2 Å². The molecule has 6 heteroatoms. The maximum atomic E-state index is 10.6. The fraction of sp³-hybridized carbons (Fsp3) is 0.400. The Labute approximate surface area is 92.3 Å². The number of ether oxygens (including phenoxy) is 3. The first kappa shape index (κ1) is 10.8. The smallest absolute Gasteiger partial charge is 0.192 e. The molecule has 6 nitrogen and oxygen atoms in total. The molecule has 1 heterocycles. The van der Waals surface area contributed by atoms with Crippen molar-refractivity contribution in [2.45, 2.75) is 6.10 Å². The van der Waals surface area contributed by atoms with Gasteiger partial charge < -0.3 is 14.2 Å². The van der Waals surface area contributed by atoms with Crippen LogP contribution in [0.1, 0.15) is 0 Å². The predicted octanol–water partition coefficient (Wildman–Crippen LogP) is 1.16. The summed E-state index contributed by atoms with van der Waals surface area (Å²) in [6, 6.07) is 4.91. The highest BCUT2D eigenvalue weighted by Crippen LogP contribution is 2.37. The molecule has 1 aromatic rings. The van der Waals surface area contributed by atoms with Crippen molar-refractivity contribution in [3.8, 4) is 11.5 Å². The summed E-state index contributed by atoms with van der Waals surface area (Å²) in [6.45, 7) is 1.10. The van der Waals surface area contributed by atoms with E-state index in [0.717, 1.165) is 0 Å². The second kappa shape index (κ2) is 4.91. The molecule has 2 rings (SSSR count). The highest BCUT2D eigenvalue weighted by Gasteiger charge is 2.24. The highest BCUT2D eigenvalue weighted by molar-refractivity contribution is 5.59. The molecular formula is C10H12N2O4. The van der Waals surface area contributed by atoms with E-state index in [1.807, 2.05) is 0 Å². The Bertz CT molecular complexity index is 379. The Kier molecular flexibility index (Phi) is 3.33. The fourth-order valence-corrected chi connectivity index (χ4v) is 1.27. The minimum Gasteiger partial charge on any atom is -0.487 e. The summed E-state index contributed by atoms with van der Waals surface area (Å²) in [5.41, 5.74) is 5.46. The number of benzene rings is 1. The van der Waals surface area contributed by atoms with Gasteiger partial charge in [0.15, 0.2) is 17.2 Å². The van der Waals surface area contributed by atoms with Crippen LogP contribution in [0.5, 0.6) is 11.5 Å². The molecule has 1 fully saturated rings. The first-order valence-corrected chi connectivity index (χ1v) is 4.88. The molecule has 1 saturated heterocycles. The van der Waals surface area contributed by atoms with Crippen LogP contribution in [-0.4, -0.2) is 26.0 Å².